The lowest BCUT2D eigenvalue weighted by Crippen LogP contribution is -2.39. The second-order valence-corrected chi connectivity index (χ2v) is 9.67. The number of carboxylic acids is 2. The number of aliphatic carboxylic acids is 2. The molecule has 204 valence electrons. The summed E-state index contributed by atoms with van der Waals surface area (Å²) >= 11 is 0. The number of halogens is 3. The van der Waals surface area contributed by atoms with E-state index in [1.807, 2.05) is 6.07 Å². The largest absolute Gasteiger partial charge is 0.490 e. The van der Waals surface area contributed by atoms with Crippen molar-refractivity contribution in [2.24, 2.45) is 0 Å². The summed E-state index contributed by atoms with van der Waals surface area (Å²) in [5.74, 6) is -4.56. The van der Waals surface area contributed by atoms with Crippen molar-refractivity contribution in [3.8, 4) is 0 Å². The van der Waals surface area contributed by atoms with Crippen molar-refractivity contribution in [2.75, 3.05) is 13.1 Å². The molecular weight excluding hydrogens is 523 g/mol. The molecule has 3 heterocycles. The molecule has 0 radical (unpaired) electrons. The topological polar surface area (TPSA) is 157 Å². The summed E-state index contributed by atoms with van der Waals surface area (Å²) in [6.07, 6.45) is -1.24. The van der Waals surface area contributed by atoms with Gasteiger partial charge in [-0.1, -0.05) is 0 Å². The van der Waals surface area contributed by atoms with E-state index < -0.39 is 30.1 Å². The molecule has 0 unspecified atom stereocenters. The van der Waals surface area contributed by atoms with Crippen molar-refractivity contribution < 1.29 is 47.4 Å². The average molecular weight is 545 g/mol. The summed E-state index contributed by atoms with van der Waals surface area (Å²) in [6.45, 7) is 0.622. The van der Waals surface area contributed by atoms with Crippen LogP contribution in [0.4, 0.5) is 13.2 Å². The first-order valence-corrected chi connectivity index (χ1v) is 12.2. The minimum atomic E-state index is -5.08. The summed E-state index contributed by atoms with van der Waals surface area (Å²) < 4.78 is 31.7. The minimum absolute atomic E-state index is 0.0390. The van der Waals surface area contributed by atoms with Crippen LogP contribution in [0.15, 0.2) is 18.2 Å². The van der Waals surface area contributed by atoms with Crippen molar-refractivity contribution in [1.29, 1.82) is 0 Å². The Hall–Kier alpha value is -4.26. The van der Waals surface area contributed by atoms with Gasteiger partial charge in [-0.3, -0.25) is 29.4 Å². The number of nitrogens with zero attached hydrogens (tertiary/aromatic N) is 1. The lowest BCUT2D eigenvalue weighted by molar-refractivity contribution is -0.192. The smallest absolute Gasteiger partial charge is 0.480 e. The van der Waals surface area contributed by atoms with E-state index >= 15 is 0 Å². The Labute approximate surface area is 217 Å². The lowest BCUT2D eigenvalue weighted by Gasteiger charge is -2.19. The number of rotatable bonds is 4. The number of carbonyl (C=O) groups excluding carboxylic acids is 3. The van der Waals surface area contributed by atoms with E-state index in [4.69, 9.17) is 9.90 Å². The molecule has 1 saturated heterocycles. The Morgan fingerprint density at radius 1 is 1.00 bits per heavy atom. The summed E-state index contributed by atoms with van der Waals surface area (Å²) in [5, 5.41) is 20.4. The van der Waals surface area contributed by atoms with Gasteiger partial charge in [0.2, 0.25) is 0 Å². The number of nitrogens with one attached hydrogen (secondary N) is 2. The maximum absolute atomic E-state index is 13.0. The van der Waals surface area contributed by atoms with Crippen LogP contribution < -0.4 is 5.32 Å². The second kappa shape index (κ2) is 9.49. The Kier molecular flexibility index (Phi) is 6.41. The van der Waals surface area contributed by atoms with E-state index in [-0.39, 0.29) is 18.2 Å². The number of amides is 2. The van der Waals surface area contributed by atoms with Crippen molar-refractivity contribution in [2.45, 2.75) is 44.3 Å². The van der Waals surface area contributed by atoms with Gasteiger partial charge in [0, 0.05) is 21.9 Å². The molecule has 1 fully saturated rings. The van der Waals surface area contributed by atoms with Crippen molar-refractivity contribution >= 4 is 51.3 Å². The van der Waals surface area contributed by atoms with Gasteiger partial charge < -0.3 is 15.2 Å². The van der Waals surface area contributed by atoms with Gasteiger partial charge in [-0.25, -0.2) is 4.79 Å². The number of benzene rings is 2. The molecule has 0 saturated carbocycles. The molecule has 13 heteroatoms. The maximum Gasteiger partial charge on any atom is 0.490 e. The maximum atomic E-state index is 13.0. The number of aromatic nitrogens is 1. The predicted octanol–water partition coefficient (Wildman–Crippen LogP) is 3.06. The molecule has 1 atom stereocenters. The lowest BCUT2D eigenvalue weighted by atomic mass is 9.93. The molecule has 39 heavy (non-hydrogen) atoms. The first-order chi connectivity index (χ1) is 18.4. The molecule has 10 nitrogen and oxygen atoms in total. The summed E-state index contributed by atoms with van der Waals surface area (Å²) in [5.41, 5.74) is 5.04. The molecule has 2 aromatic carbocycles. The van der Waals surface area contributed by atoms with Gasteiger partial charge in [0.05, 0.1) is 23.2 Å². The highest BCUT2D eigenvalue weighted by Crippen LogP contribution is 2.41. The molecule has 0 spiro atoms. The number of imide groups is 1. The van der Waals surface area contributed by atoms with Gasteiger partial charge in [-0.05, 0) is 68.0 Å². The molecule has 3 aromatic rings. The summed E-state index contributed by atoms with van der Waals surface area (Å²) in [7, 11) is 0. The molecule has 6 rings (SSSR count). The minimum Gasteiger partial charge on any atom is -0.480 e. The van der Waals surface area contributed by atoms with Crippen LogP contribution in [0.5, 0.6) is 0 Å². The first kappa shape index (κ1) is 26.4. The fourth-order valence-electron chi connectivity index (χ4n) is 5.70. The van der Waals surface area contributed by atoms with Gasteiger partial charge >= 0.3 is 18.1 Å². The Bertz CT molecular complexity index is 1590. The molecule has 4 N–H and O–H groups in total. The molecule has 1 aliphatic carbocycles. The predicted molar refractivity (Wildman–Crippen MR) is 130 cm³/mol. The van der Waals surface area contributed by atoms with E-state index in [1.165, 1.54) is 0 Å². The second-order valence-electron chi connectivity index (χ2n) is 9.67. The van der Waals surface area contributed by atoms with Crippen molar-refractivity contribution in [3.63, 3.8) is 0 Å². The zero-order chi connectivity index (χ0) is 28.2. The van der Waals surface area contributed by atoms with E-state index in [2.05, 4.69) is 10.3 Å². The highest BCUT2D eigenvalue weighted by Gasteiger charge is 2.39. The summed E-state index contributed by atoms with van der Waals surface area (Å²) in [6, 6.07) is 4.69. The van der Waals surface area contributed by atoms with Crippen LogP contribution in [0.3, 0.4) is 0 Å². The van der Waals surface area contributed by atoms with Gasteiger partial charge in [0.1, 0.15) is 6.04 Å². The molecule has 2 aliphatic heterocycles. The number of aryl methyl sites for hydroxylation is 1. The van der Waals surface area contributed by atoms with Gasteiger partial charge in [0.15, 0.2) is 5.78 Å². The number of H-pyrrole nitrogens is 1. The number of alkyl halides is 3. The number of carboxylic acid groups (broad SMARTS) is 2. The van der Waals surface area contributed by atoms with E-state index in [9.17, 15) is 37.5 Å². The molecular formula is C26H22F3N3O7. The zero-order valence-corrected chi connectivity index (χ0v) is 20.3. The van der Waals surface area contributed by atoms with Crippen LogP contribution >= 0.6 is 0 Å². The number of carbonyl (C=O) groups is 5. The molecule has 3 aliphatic rings. The van der Waals surface area contributed by atoms with Crippen LogP contribution in [0.1, 0.15) is 61.5 Å². The van der Waals surface area contributed by atoms with Crippen LogP contribution in [0.2, 0.25) is 0 Å². The number of likely N-dealkylation sites (tertiary alicyclic amines) is 1. The highest BCUT2D eigenvalue weighted by molar-refractivity contribution is 6.31. The first-order valence-electron chi connectivity index (χ1n) is 12.2. The Morgan fingerprint density at radius 3 is 2.33 bits per heavy atom. The highest BCUT2D eigenvalue weighted by atomic mass is 19.4. The average Bonchev–Trinajstić information content (AvgIpc) is 3.63. The normalized spacial score (nSPS) is 18.6. The SMILES string of the molecule is O=C(CN1CCC[C@H]1C(=O)O)c1ccc2[nH]c3c4c(c5c(c3c2c1)C(=O)NC5=O)CCC4.O=C(O)C(F)(F)F. The number of hydrogen-bond acceptors (Lipinski definition) is 6. The number of fused-ring (bicyclic) bond motifs is 8. The standard InChI is InChI=1S/C24H21N3O5.C2HF3O2/c28-17(10-27-8-2-5-16(27)24(31)32)11-6-7-15-14(9-11)18-20-19(22(29)26-23(20)30)12-3-1-4-13(12)21(18)25-15;3-2(4,5)1(6)7/h6-7,9,16,25H,1-5,8,10H2,(H,31,32)(H,26,29,30);(H,6,7)/t16-;/m0./s1. The van der Waals surface area contributed by atoms with Gasteiger partial charge in [0.25, 0.3) is 11.8 Å². The Morgan fingerprint density at radius 2 is 1.67 bits per heavy atom. The van der Waals surface area contributed by atoms with E-state index in [0.29, 0.717) is 35.0 Å². The third kappa shape index (κ3) is 4.52. The van der Waals surface area contributed by atoms with Crippen molar-refractivity contribution in [1.82, 2.24) is 15.2 Å². The van der Waals surface area contributed by atoms with E-state index in [1.54, 1.807) is 17.0 Å². The molecule has 0 bridgehead atoms. The fraction of sp³-hybridized carbons (Fsp3) is 0.346. The fourth-order valence-corrected chi connectivity index (χ4v) is 5.70. The molecule has 2 amide bonds. The van der Waals surface area contributed by atoms with Crippen LogP contribution in [0.25, 0.3) is 21.8 Å². The van der Waals surface area contributed by atoms with Gasteiger partial charge in [-0.15, -0.1) is 0 Å². The number of hydrogen-bond donors (Lipinski definition) is 4. The number of Topliss-reactive ketones (excluding diaryl/α,β-unsaturated/α-hetero) is 1. The van der Waals surface area contributed by atoms with E-state index in [0.717, 1.165) is 53.2 Å². The number of ketones is 1. The third-order valence-corrected chi connectivity index (χ3v) is 7.36. The quantitative estimate of drug-likeness (QED) is 0.288. The summed E-state index contributed by atoms with van der Waals surface area (Å²) in [4.78, 5) is 63.7. The monoisotopic (exact) mass is 545 g/mol. The van der Waals surface area contributed by atoms with Crippen LogP contribution in [-0.2, 0) is 22.4 Å². The Balaban J connectivity index is 0.000000392. The number of aromatic amines is 1. The van der Waals surface area contributed by atoms with Crippen LogP contribution in [-0.4, -0.2) is 74.9 Å². The zero-order valence-electron chi connectivity index (χ0n) is 20.3. The van der Waals surface area contributed by atoms with Crippen molar-refractivity contribution in [3.05, 3.63) is 46.0 Å². The third-order valence-electron chi connectivity index (χ3n) is 7.36. The molecule has 1 aromatic heterocycles. The van der Waals surface area contributed by atoms with Crippen LogP contribution in [0, 0.1) is 0 Å². The van der Waals surface area contributed by atoms with Gasteiger partial charge in [-0.2, -0.15) is 13.2 Å².